The highest BCUT2D eigenvalue weighted by atomic mass is 35.5. The van der Waals surface area contributed by atoms with Crippen molar-refractivity contribution in [1.82, 2.24) is 5.32 Å². The molecule has 0 radical (unpaired) electrons. The molecule has 0 spiro atoms. The summed E-state index contributed by atoms with van der Waals surface area (Å²) < 4.78 is 14.1. The van der Waals surface area contributed by atoms with E-state index in [1.807, 2.05) is 18.2 Å². The van der Waals surface area contributed by atoms with Crippen molar-refractivity contribution in [2.45, 2.75) is 19.5 Å². The van der Waals surface area contributed by atoms with Gasteiger partial charge in [0.25, 0.3) is 0 Å². The number of thiophene rings is 1. The molecule has 2 aromatic carbocycles. The van der Waals surface area contributed by atoms with Gasteiger partial charge in [0.15, 0.2) is 0 Å². The summed E-state index contributed by atoms with van der Waals surface area (Å²) in [5.74, 6) is -0.210. The van der Waals surface area contributed by atoms with Crippen LogP contribution in [0.5, 0.6) is 0 Å². The lowest BCUT2D eigenvalue weighted by molar-refractivity contribution is 0.575. The third-order valence-corrected chi connectivity index (χ3v) is 5.25. The average Bonchev–Trinajstić information content (AvgIpc) is 2.82. The number of hydrogen-bond acceptors (Lipinski definition) is 2. The van der Waals surface area contributed by atoms with Crippen molar-refractivity contribution in [1.29, 1.82) is 0 Å². The van der Waals surface area contributed by atoms with Crippen LogP contribution in [-0.4, -0.2) is 0 Å². The molecule has 1 N–H and O–H groups in total. The second-order valence-corrected chi connectivity index (χ2v) is 6.50. The lowest BCUT2D eigenvalue weighted by atomic mass is 10.1. The number of hydrogen-bond donors (Lipinski definition) is 1. The van der Waals surface area contributed by atoms with E-state index in [4.69, 9.17) is 11.6 Å². The molecule has 1 nitrogen and oxygen atoms in total. The standard InChI is InChI=1S/C17H15ClFNS/c1-11(12-6-8-13(19)9-7-12)20-10-16-17(18)14-4-2-3-5-15(14)21-16/h2-9,11,20H,10H2,1H3. The quantitative estimate of drug-likeness (QED) is 0.665. The maximum atomic E-state index is 12.9. The fraction of sp³-hybridized carbons (Fsp3) is 0.176. The van der Waals surface area contributed by atoms with Gasteiger partial charge in [0.05, 0.1) is 5.02 Å². The van der Waals surface area contributed by atoms with Crippen molar-refractivity contribution in [2.75, 3.05) is 0 Å². The molecule has 0 saturated heterocycles. The summed E-state index contributed by atoms with van der Waals surface area (Å²) >= 11 is 8.14. The maximum Gasteiger partial charge on any atom is 0.123 e. The van der Waals surface area contributed by atoms with Gasteiger partial charge in [-0.25, -0.2) is 4.39 Å². The SMILES string of the molecule is CC(NCc1sc2ccccc2c1Cl)c1ccc(F)cc1. The Morgan fingerprint density at radius 1 is 1.14 bits per heavy atom. The van der Waals surface area contributed by atoms with Crippen molar-refractivity contribution < 1.29 is 4.39 Å². The van der Waals surface area contributed by atoms with Crippen LogP contribution in [0.15, 0.2) is 48.5 Å². The highest BCUT2D eigenvalue weighted by Gasteiger charge is 2.11. The van der Waals surface area contributed by atoms with E-state index in [1.54, 1.807) is 23.5 Å². The molecule has 4 heteroatoms. The van der Waals surface area contributed by atoms with Crippen molar-refractivity contribution in [3.8, 4) is 0 Å². The van der Waals surface area contributed by atoms with Gasteiger partial charge in [-0.3, -0.25) is 0 Å². The Morgan fingerprint density at radius 2 is 1.86 bits per heavy atom. The van der Waals surface area contributed by atoms with Gasteiger partial charge in [0, 0.05) is 27.5 Å². The average molecular weight is 320 g/mol. The van der Waals surface area contributed by atoms with Crippen LogP contribution >= 0.6 is 22.9 Å². The summed E-state index contributed by atoms with van der Waals surface area (Å²) in [6, 6.07) is 14.9. The minimum Gasteiger partial charge on any atom is -0.305 e. The second kappa shape index (κ2) is 6.14. The van der Waals surface area contributed by atoms with Crippen molar-refractivity contribution >= 4 is 33.0 Å². The first kappa shape index (κ1) is 14.5. The van der Waals surface area contributed by atoms with E-state index in [9.17, 15) is 4.39 Å². The molecule has 108 valence electrons. The van der Waals surface area contributed by atoms with Gasteiger partial charge in [0.2, 0.25) is 0 Å². The summed E-state index contributed by atoms with van der Waals surface area (Å²) in [4.78, 5) is 1.13. The number of nitrogens with one attached hydrogen (secondary N) is 1. The first-order valence-corrected chi connectivity index (χ1v) is 7.99. The number of rotatable bonds is 4. The first-order chi connectivity index (χ1) is 10.1. The highest BCUT2D eigenvalue weighted by Crippen LogP contribution is 2.35. The normalized spacial score (nSPS) is 12.7. The number of benzene rings is 2. The van der Waals surface area contributed by atoms with Crippen LogP contribution < -0.4 is 5.32 Å². The smallest absolute Gasteiger partial charge is 0.123 e. The fourth-order valence-electron chi connectivity index (χ4n) is 2.29. The first-order valence-electron chi connectivity index (χ1n) is 6.80. The van der Waals surface area contributed by atoms with E-state index in [1.165, 1.54) is 16.8 Å². The zero-order valence-corrected chi connectivity index (χ0v) is 13.1. The van der Waals surface area contributed by atoms with E-state index in [-0.39, 0.29) is 11.9 Å². The Morgan fingerprint density at radius 3 is 2.57 bits per heavy atom. The van der Waals surface area contributed by atoms with E-state index in [0.29, 0.717) is 6.54 Å². The van der Waals surface area contributed by atoms with Gasteiger partial charge in [-0.2, -0.15) is 0 Å². The van der Waals surface area contributed by atoms with Crippen molar-refractivity contribution in [3.63, 3.8) is 0 Å². The Balaban J connectivity index is 1.74. The molecule has 0 aliphatic heterocycles. The van der Waals surface area contributed by atoms with E-state index in [2.05, 4.69) is 18.3 Å². The summed E-state index contributed by atoms with van der Waals surface area (Å²) in [6.45, 7) is 2.77. The minimum absolute atomic E-state index is 0.145. The largest absolute Gasteiger partial charge is 0.305 e. The fourth-order valence-corrected chi connectivity index (χ4v) is 3.74. The van der Waals surface area contributed by atoms with E-state index >= 15 is 0 Å². The van der Waals surface area contributed by atoms with E-state index in [0.717, 1.165) is 20.8 Å². The van der Waals surface area contributed by atoms with Crippen molar-refractivity contribution in [3.05, 3.63) is 69.8 Å². The zero-order valence-electron chi connectivity index (χ0n) is 11.6. The molecule has 0 amide bonds. The van der Waals surface area contributed by atoms with Crippen LogP contribution in [0.3, 0.4) is 0 Å². The van der Waals surface area contributed by atoms with Crippen LogP contribution in [0.25, 0.3) is 10.1 Å². The molecule has 0 fully saturated rings. The predicted octanol–water partition coefficient (Wildman–Crippen LogP) is 5.54. The van der Waals surface area contributed by atoms with Gasteiger partial charge < -0.3 is 5.32 Å². The number of fused-ring (bicyclic) bond motifs is 1. The molecular formula is C17H15ClFNS. The summed E-state index contributed by atoms with van der Waals surface area (Å²) in [6.07, 6.45) is 0. The van der Waals surface area contributed by atoms with Crippen LogP contribution in [0.1, 0.15) is 23.4 Å². The Labute approximate surface area is 132 Å². The Kier molecular flexibility index (Phi) is 4.24. The van der Waals surface area contributed by atoms with Gasteiger partial charge in [-0.1, -0.05) is 41.9 Å². The topological polar surface area (TPSA) is 12.0 Å². The van der Waals surface area contributed by atoms with Gasteiger partial charge in [-0.05, 0) is 30.7 Å². The van der Waals surface area contributed by atoms with Crippen LogP contribution in [0.2, 0.25) is 5.02 Å². The molecule has 0 bridgehead atoms. The molecule has 0 aliphatic carbocycles. The van der Waals surface area contributed by atoms with Crippen LogP contribution in [0.4, 0.5) is 4.39 Å². The van der Waals surface area contributed by atoms with Crippen LogP contribution in [-0.2, 0) is 6.54 Å². The molecule has 0 saturated carbocycles. The van der Waals surface area contributed by atoms with Crippen LogP contribution in [0, 0.1) is 5.82 Å². The summed E-state index contributed by atoms with van der Waals surface area (Å²) in [7, 11) is 0. The third-order valence-electron chi connectivity index (χ3n) is 3.54. The second-order valence-electron chi connectivity index (χ2n) is 4.99. The molecule has 1 aromatic heterocycles. The Hall–Kier alpha value is -1.42. The maximum absolute atomic E-state index is 12.9. The number of halogens is 2. The lowest BCUT2D eigenvalue weighted by Gasteiger charge is -2.13. The van der Waals surface area contributed by atoms with Crippen molar-refractivity contribution in [2.24, 2.45) is 0 Å². The van der Waals surface area contributed by atoms with Gasteiger partial charge in [0.1, 0.15) is 5.82 Å². The molecule has 1 unspecified atom stereocenters. The summed E-state index contributed by atoms with van der Waals surface area (Å²) in [5, 5.41) is 5.37. The molecular weight excluding hydrogens is 305 g/mol. The zero-order chi connectivity index (χ0) is 14.8. The predicted molar refractivity (Wildman–Crippen MR) is 88.5 cm³/mol. The Bertz CT molecular complexity index is 751. The molecule has 0 aliphatic rings. The third kappa shape index (κ3) is 3.10. The molecule has 1 heterocycles. The van der Waals surface area contributed by atoms with Gasteiger partial charge >= 0.3 is 0 Å². The monoisotopic (exact) mass is 319 g/mol. The van der Waals surface area contributed by atoms with E-state index < -0.39 is 0 Å². The molecule has 3 rings (SSSR count). The molecule has 21 heavy (non-hydrogen) atoms. The lowest BCUT2D eigenvalue weighted by Crippen LogP contribution is -2.17. The van der Waals surface area contributed by atoms with Gasteiger partial charge in [-0.15, -0.1) is 11.3 Å². The molecule has 1 atom stereocenters. The molecule has 3 aromatic rings. The minimum atomic E-state index is -0.210. The highest BCUT2D eigenvalue weighted by molar-refractivity contribution is 7.19. The summed E-state index contributed by atoms with van der Waals surface area (Å²) in [5.41, 5.74) is 1.06.